The molecule has 4 nitrogen and oxygen atoms in total. The highest BCUT2D eigenvalue weighted by Crippen LogP contribution is 2.35. The molecule has 0 amide bonds. The van der Waals surface area contributed by atoms with Crippen molar-refractivity contribution in [2.75, 3.05) is 18.5 Å². The van der Waals surface area contributed by atoms with E-state index in [1.165, 1.54) is 24.5 Å². The molecule has 22 heavy (non-hydrogen) atoms. The van der Waals surface area contributed by atoms with E-state index >= 15 is 0 Å². The van der Waals surface area contributed by atoms with Gasteiger partial charge >= 0.3 is 6.18 Å². The van der Waals surface area contributed by atoms with Crippen molar-refractivity contribution < 1.29 is 17.9 Å². The molecule has 0 unspecified atom stereocenters. The Labute approximate surface area is 133 Å². The summed E-state index contributed by atoms with van der Waals surface area (Å²) in [4.78, 5) is 8.02. The second-order valence-corrected chi connectivity index (χ2v) is 5.16. The second kappa shape index (κ2) is 6.95. The number of alkyl halides is 3. The number of rotatable bonds is 5. The zero-order valence-electron chi connectivity index (χ0n) is 11.6. The average Bonchev–Trinajstić information content (AvgIpc) is 2.47. The number of para-hydroxylation sites is 1. The Bertz CT molecular complexity index is 649. The van der Waals surface area contributed by atoms with Crippen LogP contribution in [0.5, 0.6) is 5.75 Å². The highest BCUT2D eigenvalue weighted by Gasteiger charge is 2.33. The summed E-state index contributed by atoms with van der Waals surface area (Å²) in [5, 5.41) is 2.99. The first-order chi connectivity index (χ1) is 10.4. The van der Waals surface area contributed by atoms with Crippen LogP contribution < -0.4 is 10.1 Å². The maximum Gasteiger partial charge on any atom is 0.419 e. The molecular weight excluding hydrogens is 363 g/mol. The second-order valence-electron chi connectivity index (χ2n) is 4.41. The fraction of sp³-hybridized carbons (Fsp3) is 0.286. The summed E-state index contributed by atoms with van der Waals surface area (Å²) >= 11 is 3.28. The number of aromatic nitrogens is 2. The van der Waals surface area contributed by atoms with E-state index in [9.17, 15) is 13.2 Å². The van der Waals surface area contributed by atoms with E-state index in [1.807, 2.05) is 6.92 Å². The Balaban J connectivity index is 1.94. The molecule has 0 atom stereocenters. The van der Waals surface area contributed by atoms with Crippen molar-refractivity contribution in [3.63, 3.8) is 0 Å². The molecule has 0 aliphatic heterocycles. The third kappa shape index (κ3) is 4.09. The molecule has 0 aliphatic rings. The van der Waals surface area contributed by atoms with Gasteiger partial charge < -0.3 is 10.1 Å². The number of nitrogens with one attached hydrogen (secondary N) is 1. The maximum absolute atomic E-state index is 12.8. The van der Waals surface area contributed by atoms with Gasteiger partial charge in [-0.1, -0.05) is 12.1 Å². The third-order valence-corrected chi connectivity index (χ3v) is 3.67. The highest BCUT2D eigenvalue weighted by molar-refractivity contribution is 9.10. The van der Waals surface area contributed by atoms with E-state index < -0.39 is 11.7 Å². The van der Waals surface area contributed by atoms with Crippen molar-refractivity contribution in [2.24, 2.45) is 0 Å². The summed E-state index contributed by atoms with van der Waals surface area (Å²) < 4.78 is 44.3. The molecule has 0 fully saturated rings. The van der Waals surface area contributed by atoms with Gasteiger partial charge in [0.25, 0.3) is 0 Å². The first-order valence-electron chi connectivity index (χ1n) is 6.39. The van der Waals surface area contributed by atoms with E-state index in [0.717, 1.165) is 11.6 Å². The first kappa shape index (κ1) is 16.5. The van der Waals surface area contributed by atoms with Crippen LogP contribution in [-0.4, -0.2) is 23.1 Å². The zero-order chi connectivity index (χ0) is 16.2. The lowest BCUT2D eigenvalue weighted by Gasteiger charge is -2.14. The van der Waals surface area contributed by atoms with Crippen LogP contribution in [0.25, 0.3) is 0 Å². The van der Waals surface area contributed by atoms with Gasteiger partial charge in [0.1, 0.15) is 29.1 Å². The van der Waals surface area contributed by atoms with Crippen LogP contribution in [0.15, 0.2) is 35.2 Å². The molecule has 0 radical (unpaired) electrons. The van der Waals surface area contributed by atoms with Crippen molar-refractivity contribution in [2.45, 2.75) is 13.1 Å². The molecular formula is C14H13BrF3N3O. The molecule has 1 heterocycles. The normalized spacial score (nSPS) is 11.3. The topological polar surface area (TPSA) is 47.0 Å². The standard InChI is InChI=1S/C14H13BrF3N3O/c1-9-12(15)20-8-21-13(9)19-6-7-22-11-5-3-2-4-10(11)14(16,17)18/h2-5,8H,6-7H2,1H3,(H,19,20,21). The largest absolute Gasteiger partial charge is 0.491 e. The number of halogens is 4. The molecule has 0 saturated carbocycles. The molecule has 0 bridgehead atoms. The maximum atomic E-state index is 12.8. The van der Waals surface area contributed by atoms with Gasteiger partial charge in [0.15, 0.2) is 0 Å². The van der Waals surface area contributed by atoms with Gasteiger partial charge in [-0.3, -0.25) is 0 Å². The van der Waals surface area contributed by atoms with Crippen molar-refractivity contribution in [1.29, 1.82) is 0 Å². The number of nitrogens with zero attached hydrogens (tertiary/aromatic N) is 2. The lowest BCUT2D eigenvalue weighted by molar-refractivity contribution is -0.138. The molecule has 2 aromatic rings. The lowest BCUT2D eigenvalue weighted by Crippen LogP contribution is -2.15. The summed E-state index contributed by atoms with van der Waals surface area (Å²) in [5.74, 6) is 0.423. The van der Waals surface area contributed by atoms with Crippen LogP contribution in [-0.2, 0) is 6.18 Å². The van der Waals surface area contributed by atoms with Crippen LogP contribution in [0.1, 0.15) is 11.1 Å². The minimum Gasteiger partial charge on any atom is -0.491 e. The number of ether oxygens (including phenoxy) is 1. The fourth-order valence-electron chi connectivity index (χ4n) is 1.76. The SMILES string of the molecule is Cc1c(Br)ncnc1NCCOc1ccccc1C(F)(F)F. The van der Waals surface area contributed by atoms with Gasteiger partial charge in [-0.2, -0.15) is 13.2 Å². The summed E-state index contributed by atoms with van der Waals surface area (Å²) in [6.45, 7) is 2.22. The van der Waals surface area contributed by atoms with Gasteiger partial charge in [0.2, 0.25) is 0 Å². The Kier molecular flexibility index (Phi) is 5.23. The van der Waals surface area contributed by atoms with Crippen molar-refractivity contribution >= 4 is 21.7 Å². The van der Waals surface area contributed by atoms with E-state index in [-0.39, 0.29) is 12.4 Å². The molecule has 2 rings (SSSR count). The summed E-state index contributed by atoms with van der Waals surface area (Å²) in [5.41, 5.74) is 0.0363. The molecule has 118 valence electrons. The number of hydrogen-bond acceptors (Lipinski definition) is 4. The monoisotopic (exact) mass is 375 g/mol. The molecule has 8 heteroatoms. The summed E-state index contributed by atoms with van der Waals surface area (Å²) in [6, 6.07) is 5.13. The number of benzene rings is 1. The van der Waals surface area contributed by atoms with Gasteiger partial charge in [0.05, 0.1) is 12.1 Å². The highest BCUT2D eigenvalue weighted by atomic mass is 79.9. The first-order valence-corrected chi connectivity index (χ1v) is 7.19. The smallest absolute Gasteiger partial charge is 0.419 e. The molecule has 1 aromatic heterocycles. The van der Waals surface area contributed by atoms with Gasteiger partial charge in [-0.25, -0.2) is 9.97 Å². The van der Waals surface area contributed by atoms with Gasteiger partial charge in [0, 0.05) is 5.56 Å². The van der Waals surface area contributed by atoms with Crippen molar-refractivity contribution in [3.05, 3.63) is 46.3 Å². The van der Waals surface area contributed by atoms with Crippen LogP contribution in [0.2, 0.25) is 0 Å². The van der Waals surface area contributed by atoms with Crippen LogP contribution in [0.3, 0.4) is 0 Å². The van der Waals surface area contributed by atoms with E-state index in [4.69, 9.17) is 4.74 Å². The van der Waals surface area contributed by atoms with Crippen LogP contribution >= 0.6 is 15.9 Å². The fourth-order valence-corrected chi connectivity index (χ4v) is 2.04. The molecule has 0 saturated heterocycles. The van der Waals surface area contributed by atoms with Crippen LogP contribution in [0.4, 0.5) is 19.0 Å². The van der Waals surface area contributed by atoms with Crippen LogP contribution in [0, 0.1) is 6.92 Å². The van der Waals surface area contributed by atoms with Gasteiger partial charge in [-0.05, 0) is 35.0 Å². The Morgan fingerprint density at radius 2 is 1.95 bits per heavy atom. The van der Waals surface area contributed by atoms with E-state index in [2.05, 4.69) is 31.2 Å². The lowest BCUT2D eigenvalue weighted by atomic mass is 10.2. The number of hydrogen-bond donors (Lipinski definition) is 1. The minimum atomic E-state index is -4.43. The Morgan fingerprint density at radius 3 is 2.68 bits per heavy atom. The van der Waals surface area contributed by atoms with Crippen molar-refractivity contribution in [1.82, 2.24) is 9.97 Å². The quantitative estimate of drug-likeness (QED) is 0.632. The molecule has 0 aliphatic carbocycles. The average molecular weight is 376 g/mol. The molecule has 1 aromatic carbocycles. The summed E-state index contributed by atoms with van der Waals surface area (Å²) in [7, 11) is 0. The zero-order valence-corrected chi connectivity index (χ0v) is 13.2. The summed E-state index contributed by atoms with van der Waals surface area (Å²) in [6.07, 6.45) is -3.04. The number of anilines is 1. The predicted molar refractivity (Wildman–Crippen MR) is 79.9 cm³/mol. The molecule has 1 N–H and O–H groups in total. The van der Waals surface area contributed by atoms with E-state index in [1.54, 1.807) is 0 Å². The third-order valence-electron chi connectivity index (χ3n) is 2.87. The minimum absolute atomic E-state index is 0.0775. The van der Waals surface area contributed by atoms with Gasteiger partial charge in [-0.15, -0.1) is 0 Å². The van der Waals surface area contributed by atoms with E-state index in [0.29, 0.717) is 17.0 Å². The Morgan fingerprint density at radius 1 is 1.23 bits per heavy atom. The molecule has 0 spiro atoms. The Hall–Kier alpha value is -1.83. The van der Waals surface area contributed by atoms with Crippen molar-refractivity contribution in [3.8, 4) is 5.75 Å². The predicted octanol–water partition coefficient (Wildman–Crippen LogP) is 4.06.